The van der Waals surface area contributed by atoms with Crippen LogP contribution in [0, 0.1) is 0 Å². The second kappa shape index (κ2) is 4.00. The summed E-state index contributed by atoms with van der Waals surface area (Å²) in [6.07, 6.45) is 2.22. The fourth-order valence-electron chi connectivity index (χ4n) is 1.16. The van der Waals surface area contributed by atoms with Crippen LogP contribution in [-0.2, 0) is 0 Å². The van der Waals surface area contributed by atoms with Crippen LogP contribution >= 0.6 is 22.9 Å². The summed E-state index contributed by atoms with van der Waals surface area (Å²) in [5, 5.41) is 9.98. The van der Waals surface area contributed by atoms with Crippen LogP contribution in [0.5, 0.6) is 5.75 Å². The molecule has 0 unspecified atom stereocenters. The van der Waals surface area contributed by atoms with Crippen molar-refractivity contribution in [2.24, 2.45) is 0 Å². The van der Waals surface area contributed by atoms with Gasteiger partial charge in [-0.25, -0.2) is 4.98 Å². The van der Waals surface area contributed by atoms with E-state index in [-0.39, 0.29) is 5.75 Å². The molecule has 0 fully saturated rings. The highest BCUT2D eigenvalue weighted by molar-refractivity contribution is 7.17. The Morgan fingerprint density at radius 1 is 1.47 bits per heavy atom. The van der Waals surface area contributed by atoms with E-state index in [4.69, 9.17) is 11.6 Å². The van der Waals surface area contributed by atoms with Crippen molar-refractivity contribution in [2.75, 3.05) is 0 Å². The molecule has 5 heteroatoms. The second-order valence-corrected chi connectivity index (χ2v) is 4.39. The first-order valence-corrected chi connectivity index (χ1v) is 5.30. The van der Waals surface area contributed by atoms with Crippen LogP contribution in [0.3, 0.4) is 0 Å². The Morgan fingerprint density at radius 3 is 2.87 bits per heavy atom. The number of thiophene rings is 1. The van der Waals surface area contributed by atoms with Crippen molar-refractivity contribution in [1.82, 2.24) is 4.98 Å². The van der Waals surface area contributed by atoms with Gasteiger partial charge in [-0.2, -0.15) is 0 Å². The van der Waals surface area contributed by atoms with Crippen molar-refractivity contribution in [3.63, 3.8) is 0 Å². The molecule has 76 valence electrons. The summed E-state index contributed by atoms with van der Waals surface area (Å²) in [4.78, 5) is 15.8. The molecule has 0 saturated carbocycles. The van der Waals surface area contributed by atoms with Gasteiger partial charge in [0.25, 0.3) is 0 Å². The summed E-state index contributed by atoms with van der Waals surface area (Å²) >= 11 is 6.93. The number of pyridine rings is 1. The first-order chi connectivity index (χ1) is 7.20. The summed E-state index contributed by atoms with van der Waals surface area (Å²) in [5.41, 5.74) is 0.442. The molecule has 0 bridgehead atoms. The average Bonchev–Trinajstić information content (AvgIpc) is 2.66. The number of hydrogen-bond acceptors (Lipinski definition) is 4. The Kier molecular flexibility index (Phi) is 2.70. The molecule has 2 heterocycles. The van der Waals surface area contributed by atoms with Crippen molar-refractivity contribution in [1.29, 1.82) is 0 Å². The van der Waals surface area contributed by atoms with E-state index in [1.807, 2.05) is 0 Å². The largest absolute Gasteiger partial charge is 0.506 e. The van der Waals surface area contributed by atoms with Crippen LogP contribution in [-0.4, -0.2) is 16.4 Å². The SMILES string of the molecule is O=Cc1ccc(-c2ncc(Cl)cc2O)s1. The topological polar surface area (TPSA) is 50.2 Å². The quantitative estimate of drug-likeness (QED) is 0.820. The van der Waals surface area contributed by atoms with E-state index >= 15 is 0 Å². The van der Waals surface area contributed by atoms with Gasteiger partial charge >= 0.3 is 0 Å². The molecular formula is C10H6ClNO2S. The summed E-state index contributed by atoms with van der Waals surface area (Å²) in [6.45, 7) is 0. The molecule has 2 rings (SSSR count). The third kappa shape index (κ3) is 2.00. The van der Waals surface area contributed by atoms with Gasteiger partial charge in [0, 0.05) is 12.3 Å². The number of aldehydes is 1. The van der Waals surface area contributed by atoms with E-state index in [0.717, 1.165) is 11.2 Å². The zero-order valence-electron chi connectivity index (χ0n) is 7.48. The van der Waals surface area contributed by atoms with Gasteiger partial charge in [0.1, 0.15) is 11.4 Å². The van der Waals surface area contributed by atoms with Gasteiger partial charge in [-0.15, -0.1) is 11.3 Å². The highest BCUT2D eigenvalue weighted by atomic mass is 35.5. The van der Waals surface area contributed by atoms with E-state index in [1.165, 1.54) is 23.6 Å². The zero-order chi connectivity index (χ0) is 10.8. The Bertz CT molecular complexity index is 510. The molecule has 0 aliphatic rings. The minimum Gasteiger partial charge on any atom is -0.506 e. The zero-order valence-corrected chi connectivity index (χ0v) is 9.05. The molecule has 0 aliphatic carbocycles. The van der Waals surface area contributed by atoms with Gasteiger partial charge in [-0.1, -0.05) is 11.6 Å². The molecule has 0 spiro atoms. The van der Waals surface area contributed by atoms with Gasteiger partial charge in [0.15, 0.2) is 6.29 Å². The van der Waals surface area contributed by atoms with Crippen LogP contribution in [0.4, 0.5) is 0 Å². The van der Waals surface area contributed by atoms with E-state index in [1.54, 1.807) is 12.1 Å². The first kappa shape index (κ1) is 10.1. The molecule has 0 amide bonds. The summed E-state index contributed by atoms with van der Waals surface area (Å²) in [6, 6.07) is 4.84. The van der Waals surface area contributed by atoms with Gasteiger partial charge in [-0.05, 0) is 12.1 Å². The Morgan fingerprint density at radius 2 is 2.27 bits per heavy atom. The highest BCUT2D eigenvalue weighted by Crippen LogP contribution is 2.33. The number of carbonyl (C=O) groups excluding carboxylic acids is 1. The number of aromatic nitrogens is 1. The lowest BCUT2D eigenvalue weighted by Crippen LogP contribution is -1.80. The van der Waals surface area contributed by atoms with Crippen LogP contribution in [0.25, 0.3) is 10.6 Å². The first-order valence-electron chi connectivity index (χ1n) is 4.10. The number of carbonyl (C=O) groups is 1. The number of aromatic hydroxyl groups is 1. The van der Waals surface area contributed by atoms with Crippen LogP contribution < -0.4 is 0 Å². The van der Waals surface area contributed by atoms with E-state index in [0.29, 0.717) is 15.6 Å². The lowest BCUT2D eigenvalue weighted by Gasteiger charge is -2.00. The third-order valence-electron chi connectivity index (χ3n) is 1.81. The minimum absolute atomic E-state index is 0.0156. The van der Waals surface area contributed by atoms with E-state index < -0.39 is 0 Å². The summed E-state index contributed by atoms with van der Waals surface area (Å²) < 4.78 is 0. The Hall–Kier alpha value is -1.39. The van der Waals surface area contributed by atoms with Gasteiger partial charge in [0.2, 0.25) is 0 Å². The van der Waals surface area contributed by atoms with E-state index in [9.17, 15) is 9.90 Å². The average molecular weight is 240 g/mol. The monoisotopic (exact) mass is 239 g/mol. The Labute approximate surface area is 95.0 Å². The number of halogens is 1. The molecule has 3 nitrogen and oxygen atoms in total. The summed E-state index contributed by atoms with van der Waals surface area (Å²) in [5.74, 6) is 0.0156. The number of nitrogens with zero attached hydrogens (tertiary/aromatic N) is 1. The van der Waals surface area contributed by atoms with Crippen molar-refractivity contribution in [3.8, 4) is 16.3 Å². The van der Waals surface area contributed by atoms with E-state index in [2.05, 4.69) is 4.98 Å². The van der Waals surface area contributed by atoms with Crippen LogP contribution in [0.15, 0.2) is 24.4 Å². The van der Waals surface area contributed by atoms with Crippen LogP contribution in [0.2, 0.25) is 5.02 Å². The van der Waals surface area contributed by atoms with Crippen molar-refractivity contribution >= 4 is 29.2 Å². The maximum atomic E-state index is 10.5. The Balaban J connectivity index is 2.49. The lowest BCUT2D eigenvalue weighted by atomic mass is 10.3. The third-order valence-corrected chi connectivity index (χ3v) is 3.03. The molecule has 2 aromatic rings. The fraction of sp³-hybridized carbons (Fsp3) is 0. The van der Waals surface area contributed by atoms with Crippen molar-refractivity contribution in [3.05, 3.63) is 34.3 Å². The molecule has 2 aromatic heterocycles. The number of hydrogen-bond donors (Lipinski definition) is 1. The molecule has 15 heavy (non-hydrogen) atoms. The predicted octanol–water partition coefficient (Wildman–Crippen LogP) is 2.98. The maximum absolute atomic E-state index is 10.5. The fourth-order valence-corrected chi connectivity index (χ4v) is 2.14. The molecular weight excluding hydrogens is 234 g/mol. The molecule has 0 radical (unpaired) electrons. The minimum atomic E-state index is 0.0156. The smallest absolute Gasteiger partial charge is 0.160 e. The predicted molar refractivity (Wildman–Crippen MR) is 59.6 cm³/mol. The normalized spacial score (nSPS) is 10.2. The highest BCUT2D eigenvalue weighted by Gasteiger charge is 2.09. The maximum Gasteiger partial charge on any atom is 0.160 e. The van der Waals surface area contributed by atoms with Crippen molar-refractivity contribution in [2.45, 2.75) is 0 Å². The molecule has 0 aromatic carbocycles. The molecule has 0 atom stereocenters. The van der Waals surface area contributed by atoms with Crippen molar-refractivity contribution < 1.29 is 9.90 Å². The number of rotatable bonds is 2. The van der Waals surface area contributed by atoms with Gasteiger partial charge < -0.3 is 5.11 Å². The molecule has 0 saturated heterocycles. The van der Waals surface area contributed by atoms with Gasteiger partial charge in [0.05, 0.1) is 14.8 Å². The lowest BCUT2D eigenvalue weighted by molar-refractivity contribution is 0.112. The summed E-state index contributed by atoms with van der Waals surface area (Å²) in [7, 11) is 0. The second-order valence-electron chi connectivity index (χ2n) is 2.84. The van der Waals surface area contributed by atoms with Gasteiger partial charge in [-0.3, -0.25) is 4.79 Å². The van der Waals surface area contributed by atoms with Crippen LogP contribution in [0.1, 0.15) is 9.67 Å². The molecule has 0 aliphatic heterocycles. The molecule has 1 N–H and O–H groups in total. The standard InChI is InChI=1S/C10H6ClNO2S/c11-6-3-8(14)10(12-4-6)9-2-1-7(5-13)15-9/h1-5,14H.